The van der Waals surface area contributed by atoms with E-state index in [0.717, 1.165) is 12.8 Å². The summed E-state index contributed by atoms with van der Waals surface area (Å²) in [5, 5.41) is 41.5. The van der Waals surface area contributed by atoms with Crippen molar-refractivity contribution >= 4 is 11.9 Å². The quantitative estimate of drug-likeness (QED) is 0.219. The fourth-order valence-electron chi connectivity index (χ4n) is 2.14. The highest BCUT2D eigenvalue weighted by Crippen LogP contribution is 2.12. The summed E-state index contributed by atoms with van der Waals surface area (Å²) in [6.07, 6.45) is 12.6. The second-order valence-electron chi connectivity index (χ2n) is 6.27. The zero-order valence-electron chi connectivity index (χ0n) is 15.8. The summed E-state index contributed by atoms with van der Waals surface area (Å²) in [6.45, 7) is 1.48. The predicted molar refractivity (Wildman–Crippen MR) is 99.9 cm³/mol. The molecule has 0 radical (unpaired) electrons. The van der Waals surface area contributed by atoms with Crippen LogP contribution in [0.25, 0.3) is 0 Å². The summed E-state index contributed by atoms with van der Waals surface area (Å²) in [5.74, 6) is -2.90. The number of aliphatic carboxylic acids is 2. The summed E-state index contributed by atoms with van der Waals surface area (Å²) in [5.41, 5.74) is 0. The lowest BCUT2D eigenvalue weighted by Gasteiger charge is -2.05. The number of unbranched alkanes of at least 4 members (excludes halogenated alkanes) is 7. The average Bonchev–Trinajstić information content (AvgIpc) is 2.61. The van der Waals surface area contributed by atoms with Crippen molar-refractivity contribution in [3.63, 3.8) is 0 Å². The van der Waals surface area contributed by atoms with Crippen LogP contribution in [0.5, 0.6) is 0 Å². The van der Waals surface area contributed by atoms with E-state index >= 15 is 0 Å². The number of carboxylic acid groups (broad SMARTS) is 2. The molecule has 7 heteroatoms. The minimum atomic E-state index is -1.06. The zero-order chi connectivity index (χ0) is 20.2. The van der Waals surface area contributed by atoms with Crippen molar-refractivity contribution in [3.05, 3.63) is 12.2 Å². The largest absolute Gasteiger partial charge is 0.481 e. The molecule has 0 saturated heterocycles. The maximum atomic E-state index is 10.8. The van der Waals surface area contributed by atoms with Crippen molar-refractivity contribution in [1.29, 1.82) is 0 Å². The van der Waals surface area contributed by atoms with E-state index in [4.69, 9.17) is 25.5 Å². The lowest BCUT2D eigenvalue weighted by atomic mass is 10.0. The second kappa shape index (κ2) is 19.9. The molecule has 0 aromatic carbocycles. The van der Waals surface area contributed by atoms with Crippen LogP contribution in [0, 0.1) is 5.92 Å². The fourth-order valence-corrected chi connectivity index (χ4v) is 2.14. The lowest BCUT2D eigenvalue weighted by Crippen LogP contribution is -2.16. The molecule has 0 spiro atoms. The normalized spacial score (nSPS) is 12.0. The minimum absolute atomic E-state index is 0.304. The summed E-state index contributed by atoms with van der Waals surface area (Å²) < 4.78 is 0. The summed E-state index contributed by atoms with van der Waals surface area (Å²) >= 11 is 0. The smallest absolute Gasteiger partial charge is 0.307 e. The number of carbonyl (C=O) groups is 2. The van der Waals surface area contributed by atoms with E-state index < -0.39 is 24.0 Å². The molecule has 0 amide bonds. The molecule has 0 aromatic rings. The van der Waals surface area contributed by atoms with E-state index in [2.05, 4.69) is 6.92 Å². The van der Waals surface area contributed by atoms with Gasteiger partial charge in [-0.2, -0.15) is 0 Å². The van der Waals surface area contributed by atoms with Gasteiger partial charge in [-0.05, 0) is 19.3 Å². The Morgan fingerprint density at radius 3 is 1.85 bits per heavy atom. The van der Waals surface area contributed by atoms with Crippen LogP contribution in [0.4, 0.5) is 0 Å². The Kier molecular flexibility index (Phi) is 20.5. The Morgan fingerprint density at radius 2 is 1.42 bits per heavy atom. The van der Waals surface area contributed by atoms with E-state index in [9.17, 15) is 9.59 Å². The molecule has 5 N–H and O–H groups in total. The number of hydrogen-bond acceptors (Lipinski definition) is 5. The second-order valence-corrected chi connectivity index (χ2v) is 6.27. The topological polar surface area (TPSA) is 135 Å². The van der Waals surface area contributed by atoms with Gasteiger partial charge in [0.15, 0.2) is 0 Å². The van der Waals surface area contributed by atoms with E-state index in [1.54, 1.807) is 6.08 Å². The van der Waals surface area contributed by atoms with Gasteiger partial charge in [0.25, 0.3) is 0 Å². The highest BCUT2D eigenvalue weighted by molar-refractivity contribution is 5.77. The number of rotatable bonds is 15. The zero-order valence-corrected chi connectivity index (χ0v) is 15.8. The predicted octanol–water partition coefficient (Wildman–Crippen LogP) is 2.58. The highest BCUT2D eigenvalue weighted by Gasteiger charge is 2.19. The van der Waals surface area contributed by atoms with Crippen LogP contribution in [0.3, 0.4) is 0 Å². The molecule has 0 aliphatic carbocycles. The molecule has 0 rings (SSSR count). The van der Waals surface area contributed by atoms with Gasteiger partial charge in [0, 0.05) is 0 Å². The molecule has 154 valence electrons. The molecule has 1 atom stereocenters. The summed E-state index contributed by atoms with van der Waals surface area (Å²) in [4.78, 5) is 21.3. The van der Waals surface area contributed by atoms with Gasteiger partial charge in [0.1, 0.15) is 6.10 Å². The highest BCUT2D eigenvalue weighted by atomic mass is 16.4. The van der Waals surface area contributed by atoms with Crippen molar-refractivity contribution < 1.29 is 35.1 Å². The van der Waals surface area contributed by atoms with Gasteiger partial charge in [0.05, 0.1) is 25.6 Å². The number of allylic oxidation sites excluding steroid dienone is 2. The Balaban J connectivity index is 0. The Bertz CT molecular complexity index is 365. The van der Waals surface area contributed by atoms with Crippen LogP contribution in [-0.2, 0) is 9.59 Å². The molecule has 0 aliphatic rings. The number of hydrogen-bond donors (Lipinski definition) is 5. The molecule has 0 bridgehead atoms. The Labute approximate surface area is 156 Å². The third kappa shape index (κ3) is 20.6. The lowest BCUT2D eigenvalue weighted by molar-refractivity contribution is -0.148. The SMILES string of the molecule is CCCCCCCCCC=CCC(CC(=O)O)C(=O)O.OCC(O)CO. The van der Waals surface area contributed by atoms with Crippen LogP contribution in [0.1, 0.15) is 71.1 Å². The average molecular weight is 376 g/mol. The Hall–Kier alpha value is -1.44. The third-order valence-corrected chi connectivity index (χ3v) is 3.75. The Morgan fingerprint density at radius 1 is 0.885 bits per heavy atom. The molecule has 0 aliphatic heterocycles. The number of aliphatic hydroxyl groups excluding tert-OH is 3. The minimum Gasteiger partial charge on any atom is -0.481 e. The summed E-state index contributed by atoms with van der Waals surface area (Å²) in [6, 6.07) is 0. The van der Waals surface area contributed by atoms with Crippen LogP contribution < -0.4 is 0 Å². The molecule has 0 fully saturated rings. The van der Waals surface area contributed by atoms with E-state index in [-0.39, 0.29) is 19.6 Å². The first kappa shape index (κ1) is 26.8. The van der Waals surface area contributed by atoms with Gasteiger partial charge < -0.3 is 25.5 Å². The number of aliphatic hydroxyl groups is 3. The van der Waals surface area contributed by atoms with Crippen molar-refractivity contribution in [2.24, 2.45) is 5.92 Å². The monoisotopic (exact) mass is 376 g/mol. The van der Waals surface area contributed by atoms with Gasteiger partial charge in [0.2, 0.25) is 0 Å². The van der Waals surface area contributed by atoms with E-state index in [0.29, 0.717) is 6.42 Å². The van der Waals surface area contributed by atoms with E-state index in [1.807, 2.05) is 6.08 Å². The van der Waals surface area contributed by atoms with Crippen molar-refractivity contribution in [1.82, 2.24) is 0 Å². The van der Waals surface area contributed by atoms with Crippen LogP contribution in [0.15, 0.2) is 12.2 Å². The molecular weight excluding hydrogens is 340 g/mol. The van der Waals surface area contributed by atoms with E-state index in [1.165, 1.54) is 38.5 Å². The van der Waals surface area contributed by atoms with Crippen LogP contribution in [0.2, 0.25) is 0 Å². The molecule has 26 heavy (non-hydrogen) atoms. The molecule has 0 saturated carbocycles. The molecule has 0 aromatic heterocycles. The van der Waals surface area contributed by atoms with Gasteiger partial charge in [-0.3, -0.25) is 9.59 Å². The fraction of sp³-hybridized carbons (Fsp3) is 0.789. The first-order chi connectivity index (χ1) is 12.4. The van der Waals surface area contributed by atoms with Crippen molar-refractivity contribution in [2.45, 2.75) is 77.2 Å². The third-order valence-electron chi connectivity index (χ3n) is 3.75. The standard InChI is InChI=1S/C16H28O4.C3H8O3/c1-2-3-4-5-6-7-8-9-10-11-12-14(16(19)20)13-15(17)18;4-1-3(6)2-5/h10-11,14H,2-9,12-13H2,1H3,(H,17,18)(H,19,20);3-6H,1-2H2. The van der Waals surface area contributed by atoms with Gasteiger partial charge in [-0.25, -0.2) is 0 Å². The molecular formula is C19H36O7. The first-order valence-corrected chi connectivity index (χ1v) is 9.38. The molecule has 0 heterocycles. The number of carboxylic acids is 2. The van der Waals surface area contributed by atoms with Gasteiger partial charge in [-0.1, -0.05) is 57.6 Å². The van der Waals surface area contributed by atoms with Gasteiger partial charge >= 0.3 is 11.9 Å². The molecule has 1 unspecified atom stereocenters. The van der Waals surface area contributed by atoms with Gasteiger partial charge in [-0.15, -0.1) is 0 Å². The first-order valence-electron chi connectivity index (χ1n) is 9.38. The summed E-state index contributed by atoms with van der Waals surface area (Å²) in [7, 11) is 0. The maximum absolute atomic E-state index is 10.8. The maximum Gasteiger partial charge on any atom is 0.307 e. The van der Waals surface area contributed by atoms with Crippen molar-refractivity contribution in [2.75, 3.05) is 13.2 Å². The van der Waals surface area contributed by atoms with Crippen LogP contribution >= 0.6 is 0 Å². The van der Waals surface area contributed by atoms with Crippen molar-refractivity contribution in [3.8, 4) is 0 Å². The molecule has 7 nitrogen and oxygen atoms in total. The van der Waals surface area contributed by atoms with Crippen LogP contribution in [-0.4, -0.2) is 56.8 Å².